The van der Waals surface area contributed by atoms with Crippen LogP contribution in [0.1, 0.15) is 0 Å². The van der Waals surface area contributed by atoms with Crippen LogP contribution in [0.2, 0.25) is 5.02 Å². The van der Waals surface area contributed by atoms with Crippen LogP contribution in [0, 0.1) is 0 Å². The molecule has 1 N–H and O–H groups in total. The van der Waals surface area contributed by atoms with Gasteiger partial charge in [0, 0.05) is 10.4 Å². The lowest BCUT2D eigenvalue weighted by Gasteiger charge is -2.09. The van der Waals surface area contributed by atoms with Gasteiger partial charge in [-0.05, 0) is 30.3 Å². The molecule has 0 saturated carbocycles. The van der Waals surface area contributed by atoms with E-state index in [1.807, 2.05) is 48.5 Å². The van der Waals surface area contributed by atoms with Gasteiger partial charge >= 0.3 is 0 Å². The first kappa shape index (κ1) is 13.6. The molecular weight excluding hydrogens is 286 g/mol. The number of ether oxygens (including phenoxy) is 1. The SMILES string of the molecule is Clc1ccc2c(NCCOc3ccccc3)ncnc2c1. The fourth-order valence-electron chi connectivity index (χ4n) is 2.03. The van der Waals surface area contributed by atoms with Crippen molar-refractivity contribution in [2.45, 2.75) is 0 Å². The van der Waals surface area contributed by atoms with Gasteiger partial charge in [-0.15, -0.1) is 0 Å². The number of para-hydroxylation sites is 1. The predicted octanol–water partition coefficient (Wildman–Crippen LogP) is 3.77. The van der Waals surface area contributed by atoms with E-state index in [1.165, 1.54) is 6.33 Å². The van der Waals surface area contributed by atoms with E-state index in [1.54, 1.807) is 0 Å². The van der Waals surface area contributed by atoms with Crippen molar-refractivity contribution in [2.24, 2.45) is 0 Å². The molecule has 1 aromatic heterocycles. The number of hydrogen-bond acceptors (Lipinski definition) is 4. The molecule has 0 aliphatic rings. The van der Waals surface area contributed by atoms with Crippen LogP contribution in [0.25, 0.3) is 10.9 Å². The number of hydrogen-bond donors (Lipinski definition) is 1. The van der Waals surface area contributed by atoms with Crippen molar-refractivity contribution >= 4 is 28.3 Å². The molecule has 5 heteroatoms. The summed E-state index contributed by atoms with van der Waals surface area (Å²) in [4.78, 5) is 8.47. The minimum atomic E-state index is 0.559. The Morgan fingerprint density at radius 3 is 2.76 bits per heavy atom. The molecule has 3 aromatic rings. The van der Waals surface area contributed by atoms with Gasteiger partial charge in [0.15, 0.2) is 0 Å². The number of anilines is 1. The number of aromatic nitrogens is 2. The van der Waals surface area contributed by atoms with Gasteiger partial charge in [-0.2, -0.15) is 0 Å². The van der Waals surface area contributed by atoms with Crippen molar-refractivity contribution in [1.82, 2.24) is 9.97 Å². The summed E-state index contributed by atoms with van der Waals surface area (Å²) in [6, 6.07) is 15.3. The highest BCUT2D eigenvalue weighted by molar-refractivity contribution is 6.31. The van der Waals surface area contributed by atoms with E-state index in [0.717, 1.165) is 22.5 Å². The van der Waals surface area contributed by atoms with Crippen LogP contribution in [0.15, 0.2) is 54.9 Å². The van der Waals surface area contributed by atoms with Crippen molar-refractivity contribution in [3.05, 3.63) is 59.9 Å². The smallest absolute Gasteiger partial charge is 0.137 e. The third kappa shape index (κ3) is 3.41. The molecular formula is C16H14ClN3O. The highest BCUT2D eigenvalue weighted by atomic mass is 35.5. The summed E-state index contributed by atoms with van der Waals surface area (Å²) in [5.74, 6) is 1.65. The Balaban J connectivity index is 1.63. The average Bonchev–Trinajstić information content (AvgIpc) is 2.52. The van der Waals surface area contributed by atoms with Crippen LogP contribution < -0.4 is 10.1 Å². The quantitative estimate of drug-likeness (QED) is 0.728. The van der Waals surface area contributed by atoms with Crippen molar-refractivity contribution in [2.75, 3.05) is 18.5 Å². The summed E-state index contributed by atoms with van der Waals surface area (Å²) in [7, 11) is 0. The first-order chi connectivity index (χ1) is 10.3. The molecule has 0 spiro atoms. The van der Waals surface area contributed by atoms with E-state index in [-0.39, 0.29) is 0 Å². The topological polar surface area (TPSA) is 47.0 Å². The monoisotopic (exact) mass is 299 g/mol. The lowest BCUT2D eigenvalue weighted by molar-refractivity contribution is 0.333. The van der Waals surface area contributed by atoms with Gasteiger partial charge in [-0.3, -0.25) is 0 Å². The van der Waals surface area contributed by atoms with E-state index < -0.39 is 0 Å². The Morgan fingerprint density at radius 2 is 1.90 bits per heavy atom. The van der Waals surface area contributed by atoms with Gasteiger partial charge in [-0.1, -0.05) is 29.8 Å². The number of halogens is 1. The highest BCUT2D eigenvalue weighted by Gasteiger charge is 2.03. The molecule has 0 aliphatic heterocycles. The van der Waals surface area contributed by atoms with Crippen LogP contribution in [0.5, 0.6) is 5.75 Å². The Bertz CT molecular complexity index is 734. The summed E-state index contributed by atoms with van der Waals surface area (Å²) < 4.78 is 5.63. The molecule has 0 unspecified atom stereocenters. The second-order valence-electron chi connectivity index (χ2n) is 4.47. The molecule has 0 fully saturated rings. The largest absolute Gasteiger partial charge is 0.492 e. The van der Waals surface area contributed by atoms with Crippen LogP contribution in [-0.4, -0.2) is 23.1 Å². The van der Waals surface area contributed by atoms with Gasteiger partial charge in [0.05, 0.1) is 12.1 Å². The minimum absolute atomic E-state index is 0.559. The van der Waals surface area contributed by atoms with Gasteiger partial charge in [0.25, 0.3) is 0 Å². The lowest BCUT2D eigenvalue weighted by Crippen LogP contribution is -2.12. The Labute approximate surface area is 127 Å². The normalized spacial score (nSPS) is 10.5. The Morgan fingerprint density at radius 1 is 1.05 bits per heavy atom. The molecule has 1 heterocycles. The molecule has 0 atom stereocenters. The molecule has 4 nitrogen and oxygen atoms in total. The summed E-state index contributed by atoms with van der Waals surface area (Å²) >= 11 is 5.96. The summed E-state index contributed by atoms with van der Waals surface area (Å²) in [5, 5.41) is 4.87. The fraction of sp³-hybridized carbons (Fsp3) is 0.125. The zero-order valence-corrected chi connectivity index (χ0v) is 12.0. The average molecular weight is 300 g/mol. The standard InChI is InChI=1S/C16H14ClN3O/c17-12-6-7-14-15(10-12)19-11-20-16(14)18-8-9-21-13-4-2-1-3-5-13/h1-7,10-11H,8-9H2,(H,18,19,20). The summed E-state index contributed by atoms with van der Waals surface area (Å²) in [6.07, 6.45) is 1.53. The minimum Gasteiger partial charge on any atom is -0.492 e. The molecule has 0 saturated heterocycles. The zero-order chi connectivity index (χ0) is 14.5. The van der Waals surface area contributed by atoms with E-state index in [9.17, 15) is 0 Å². The number of nitrogens with zero attached hydrogens (tertiary/aromatic N) is 2. The number of benzene rings is 2. The maximum absolute atomic E-state index is 5.96. The van der Waals surface area contributed by atoms with Gasteiger partial charge < -0.3 is 10.1 Å². The third-order valence-corrected chi connectivity index (χ3v) is 3.24. The van der Waals surface area contributed by atoms with Gasteiger partial charge in [-0.25, -0.2) is 9.97 Å². The molecule has 0 amide bonds. The molecule has 2 aromatic carbocycles. The number of nitrogens with one attached hydrogen (secondary N) is 1. The number of fused-ring (bicyclic) bond motifs is 1. The van der Waals surface area contributed by atoms with E-state index >= 15 is 0 Å². The molecule has 0 bridgehead atoms. The lowest BCUT2D eigenvalue weighted by atomic mass is 10.2. The molecule has 0 radical (unpaired) electrons. The van der Waals surface area contributed by atoms with Crippen molar-refractivity contribution in [1.29, 1.82) is 0 Å². The second-order valence-corrected chi connectivity index (χ2v) is 4.91. The van der Waals surface area contributed by atoms with Crippen LogP contribution in [0.4, 0.5) is 5.82 Å². The molecule has 21 heavy (non-hydrogen) atoms. The van der Waals surface area contributed by atoms with E-state index in [0.29, 0.717) is 18.2 Å². The fourth-order valence-corrected chi connectivity index (χ4v) is 2.19. The number of rotatable bonds is 5. The van der Waals surface area contributed by atoms with E-state index in [2.05, 4.69) is 15.3 Å². The maximum Gasteiger partial charge on any atom is 0.137 e. The van der Waals surface area contributed by atoms with Crippen LogP contribution in [0.3, 0.4) is 0 Å². The van der Waals surface area contributed by atoms with Gasteiger partial charge in [0.1, 0.15) is 24.5 Å². The first-order valence-electron chi connectivity index (χ1n) is 6.65. The molecule has 106 valence electrons. The Hall–Kier alpha value is -2.33. The molecule has 0 aliphatic carbocycles. The second kappa shape index (κ2) is 6.41. The van der Waals surface area contributed by atoms with E-state index in [4.69, 9.17) is 16.3 Å². The van der Waals surface area contributed by atoms with Crippen LogP contribution >= 0.6 is 11.6 Å². The summed E-state index contributed by atoms with van der Waals surface area (Å²) in [6.45, 7) is 1.22. The first-order valence-corrected chi connectivity index (χ1v) is 7.03. The predicted molar refractivity (Wildman–Crippen MR) is 85.0 cm³/mol. The highest BCUT2D eigenvalue weighted by Crippen LogP contribution is 2.22. The van der Waals surface area contributed by atoms with Gasteiger partial charge in [0.2, 0.25) is 0 Å². The Kier molecular flexibility index (Phi) is 4.17. The van der Waals surface area contributed by atoms with Crippen molar-refractivity contribution in [3.8, 4) is 5.75 Å². The third-order valence-electron chi connectivity index (χ3n) is 3.00. The molecule has 3 rings (SSSR count). The van der Waals surface area contributed by atoms with Crippen molar-refractivity contribution in [3.63, 3.8) is 0 Å². The maximum atomic E-state index is 5.96. The zero-order valence-electron chi connectivity index (χ0n) is 11.3. The van der Waals surface area contributed by atoms with Crippen molar-refractivity contribution < 1.29 is 4.74 Å². The summed E-state index contributed by atoms with van der Waals surface area (Å²) in [5.41, 5.74) is 0.823. The van der Waals surface area contributed by atoms with Crippen LogP contribution in [-0.2, 0) is 0 Å².